The van der Waals surface area contributed by atoms with Gasteiger partial charge in [0.05, 0.1) is 13.1 Å². The van der Waals surface area contributed by atoms with Crippen LogP contribution in [0.5, 0.6) is 0 Å². The molecule has 1 aliphatic heterocycles. The molecular weight excluding hydrogens is 211 g/mol. The van der Waals surface area contributed by atoms with Crippen molar-refractivity contribution in [3.8, 4) is 0 Å². The minimum atomic E-state index is -0.306. The highest BCUT2D eigenvalue weighted by atomic mass is 19.1. The fourth-order valence-corrected chi connectivity index (χ4v) is 2.04. The van der Waals surface area contributed by atoms with Gasteiger partial charge in [-0.2, -0.15) is 0 Å². The van der Waals surface area contributed by atoms with Crippen LogP contribution < -0.4 is 5.32 Å². The Balaban J connectivity index is 2.18. The summed E-state index contributed by atoms with van der Waals surface area (Å²) in [5.41, 5.74) is 0.851. The van der Waals surface area contributed by atoms with Crippen LogP contribution in [0.2, 0.25) is 0 Å². The second-order valence-corrected chi connectivity index (χ2v) is 4.14. The number of hydrogen-bond donors (Lipinski definition) is 1. The van der Waals surface area contributed by atoms with Crippen molar-refractivity contribution in [3.05, 3.63) is 23.7 Å². The summed E-state index contributed by atoms with van der Waals surface area (Å²) < 4.78 is 13.0. The number of hydrogen-bond acceptors (Lipinski definition) is 3. The molecule has 1 heterocycles. The zero-order valence-corrected chi connectivity index (χ0v) is 9.00. The van der Waals surface area contributed by atoms with Gasteiger partial charge in [-0.05, 0) is 12.2 Å². The molecule has 2 rings (SSSR count). The summed E-state index contributed by atoms with van der Waals surface area (Å²) in [5, 5.41) is 2.24. The number of carbonyl (C=O) groups excluding carboxylic acids is 2. The normalized spacial score (nSPS) is 26.1. The van der Waals surface area contributed by atoms with Gasteiger partial charge in [-0.3, -0.25) is 14.9 Å². The van der Waals surface area contributed by atoms with E-state index < -0.39 is 0 Å². The summed E-state index contributed by atoms with van der Waals surface area (Å²) in [7, 11) is 0. The lowest BCUT2D eigenvalue weighted by Crippen LogP contribution is -2.51. The summed E-state index contributed by atoms with van der Waals surface area (Å²) in [5.74, 6) is -0.772. The third-order valence-electron chi connectivity index (χ3n) is 2.75. The van der Waals surface area contributed by atoms with Crippen LogP contribution in [0.1, 0.15) is 13.3 Å². The van der Waals surface area contributed by atoms with Gasteiger partial charge >= 0.3 is 0 Å². The lowest BCUT2D eigenvalue weighted by atomic mass is 9.96. The number of nitrogens with one attached hydrogen (secondary N) is 1. The molecule has 0 aromatic heterocycles. The standard InChI is InChI=1S/C11H13FN2O2/c1-7-4-8(12)2-3-9(7)14-5-10(15)13-11(16)6-14/h2-3,7H,4-6H2,1H3,(H,13,15,16). The Morgan fingerprint density at radius 1 is 1.31 bits per heavy atom. The van der Waals surface area contributed by atoms with Crippen molar-refractivity contribution >= 4 is 11.8 Å². The number of nitrogens with zero attached hydrogens (tertiary/aromatic N) is 1. The molecule has 0 aromatic rings. The maximum atomic E-state index is 13.0. The lowest BCUT2D eigenvalue weighted by molar-refractivity contribution is -0.135. The number of halogens is 1. The van der Waals surface area contributed by atoms with E-state index in [0.717, 1.165) is 5.70 Å². The van der Waals surface area contributed by atoms with Gasteiger partial charge in [0.25, 0.3) is 0 Å². The first-order chi connectivity index (χ1) is 7.56. The van der Waals surface area contributed by atoms with E-state index in [1.54, 1.807) is 11.0 Å². The average Bonchev–Trinajstić information content (AvgIpc) is 2.15. The Morgan fingerprint density at radius 3 is 2.50 bits per heavy atom. The monoisotopic (exact) mass is 224 g/mol. The van der Waals surface area contributed by atoms with Gasteiger partial charge in [-0.15, -0.1) is 0 Å². The summed E-state index contributed by atoms with van der Waals surface area (Å²) in [4.78, 5) is 24.1. The molecule has 1 atom stereocenters. The molecule has 0 spiro atoms. The van der Waals surface area contributed by atoms with Crippen molar-refractivity contribution in [3.63, 3.8) is 0 Å². The fraction of sp³-hybridized carbons (Fsp3) is 0.455. The molecule has 0 bridgehead atoms. The van der Waals surface area contributed by atoms with Crippen LogP contribution in [0.4, 0.5) is 4.39 Å². The predicted octanol–water partition coefficient (Wildman–Crippen LogP) is 0.722. The van der Waals surface area contributed by atoms with Crippen molar-refractivity contribution in [1.29, 1.82) is 0 Å². The summed E-state index contributed by atoms with van der Waals surface area (Å²) in [6.07, 6.45) is 3.37. The quantitative estimate of drug-likeness (QED) is 0.668. The van der Waals surface area contributed by atoms with E-state index in [1.807, 2.05) is 6.92 Å². The van der Waals surface area contributed by atoms with Gasteiger partial charge in [-0.1, -0.05) is 6.92 Å². The zero-order valence-electron chi connectivity index (χ0n) is 9.00. The highest BCUT2D eigenvalue weighted by molar-refractivity contribution is 5.99. The number of imide groups is 1. The largest absolute Gasteiger partial charge is 0.356 e. The molecular formula is C11H13FN2O2. The molecule has 1 aliphatic carbocycles. The second kappa shape index (κ2) is 4.08. The number of carbonyl (C=O) groups is 2. The number of piperazine rings is 1. The van der Waals surface area contributed by atoms with Gasteiger partial charge in [-0.25, -0.2) is 4.39 Å². The van der Waals surface area contributed by atoms with Crippen LogP contribution in [0.15, 0.2) is 23.7 Å². The van der Waals surface area contributed by atoms with Crippen molar-refractivity contribution in [2.24, 2.45) is 5.92 Å². The molecule has 16 heavy (non-hydrogen) atoms. The molecule has 86 valence electrons. The first kappa shape index (κ1) is 10.9. The van der Waals surface area contributed by atoms with Crippen LogP contribution in [-0.4, -0.2) is 29.8 Å². The molecule has 4 nitrogen and oxygen atoms in total. The van der Waals surface area contributed by atoms with Crippen LogP contribution >= 0.6 is 0 Å². The van der Waals surface area contributed by atoms with Crippen molar-refractivity contribution in [1.82, 2.24) is 10.2 Å². The van der Waals surface area contributed by atoms with E-state index in [-0.39, 0.29) is 36.6 Å². The summed E-state index contributed by atoms with van der Waals surface area (Å²) >= 11 is 0. The van der Waals surface area contributed by atoms with E-state index in [1.165, 1.54) is 6.08 Å². The number of amides is 2. The molecule has 2 amide bonds. The Labute approximate surface area is 92.8 Å². The minimum absolute atomic E-state index is 0.00343. The molecule has 2 aliphatic rings. The smallest absolute Gasteiger partial charge is 0.246 e. The fourth-order valence-electron chi connectivity index (χ4n) is 2.04. The maximum absolute atomic E-state index is 13.0. The maximum Gasteiger partial charge on any atom is 0.246 e. The van der Waals surface area contributed by atoms with E-state index in [9.17, 15) is 14.0 Å². The lowest BCUT2D eigenvalue weighted by Gasteiger charge is -2.33. The molecule has 0 aromatic carbocycles. The average molecular weight is 224 g/mol. The van der Waals surface area contributed by atoms with Crippen molar-refractivity contribution in [2.75, 3.05) is 13.1 Å². The van der Waals surface area contributed by atoms with Crippen LogP contribution in [0.25, 0.3) is 0 Å². The Bertz CT molecular complexity index is 385. The first-order valence-corrected chi connectivity index (χ1v) is 5.20. The third-order valence-corrected chi connectivity index (χ3v) is 2.75. The number of allylic oxidation sites excluding steroid dienone is 4. The van der Waals surface area contributed by atoms with E-state index >= 15 is 0 Å². The van der Waals surface area contributed by atoms with Gasteiger partial charge in [0, 0.05) is 18.0 Å². The Hall–Kier alpha value is -1.65. The summed E-state index contributed by atoms with van der Waals surface area (Å²) in [6.45, 7) is 2.21. The molecule has 5 heteroatoms. The predicted molar refractivity (Wildman–Crippen MR) is 55.8 cm³/mol. The molecule has 0 saturated carbocycles. The third kappa shape index (κ3) is 2.13. The highest BCUT2D eigenvalue weighted by Crippen LogP contribution is 2.28. The van der Waals surface area contributed by atoms with Gasteiger partial charge < -0.3 is 4.90 Å². The van der Waals surface area contributed by atoms with E-state index in [4.69, 9.17) is 0 Å². The molecule has 1 unspecified atom stereocenters. The zero-order chi connectivity index (χ0) is 11.7. The first-order valence-electron chi connectivity index (χ1n) is 5.20. The van der Waals surface area contributed by atoms with Gasteiger partial charge in [0.1, 0.15) is 5.83 Å². The minimum Gasteiger partial charge on any atom is -0.356 e. The van der Waals surface area contributed by atoms with Crippen molar-refractivity contribution < 1.29 is 14.0 Å². The van der Waals surface area contributed by atoms with Crippen LogP contribution in [-0.2, 0) is 9.59 Å². The SMILES string of the molecule is CC1CC(F)=CC=C1N1CC(=O)NC(=O)C1. The van der Waals surface area contributed by atoms with Crippen LogP contribution in [0.3, 0.4) is 0 Å². The highest BCUT2D eigenvalue weighted by Gasteiger charge is 2.27. The Kier molecular flexibility index (Phi) is 2.77. The van der Waals surface area contributed by atoms with E-state index in [2.05, 4.69) is 5.32 Å². The van der Waals surface area contributed by atoms with Crippen molar-refractivity contribution in [2.45, 2.75) is 13.3 Å². The van der Waals surface area contributed by atoms with Gasteiger partial charge in [0.15, 0.2) is 0 Å². The molecule has 1 saturated heterocycles. The molecule has 0 radical (unpaired) electrons. The topological polar surface area (TPSA) is 49.4 Å². The second-order valence-electron chi connectivity index (χ2n) is 4.14. The van der Waals surface area contributed by atoms with Crippen LogP contribution in [0, 0.1) is 5.92 Å². The Morgan fingerprint density at radius 2 is 1.94 bits per heavy atom. The number of rotatable bonds is 1. The van der Waals surface area contributed by atoms with E-state index in [0.29, 0.717) is 6.42 Å². The van der Waals surface area contributed by atoms with Gasteiger partial charge in [0.2, 0.25) is 11.8 Å². The molecule has 1 fully saturated rings. The summed E-state index contributed by atoms with van der Waals surface area (Å²) in [6, 6.07) is 0. The molecule has 1 N–H and O–H groups in total.